The van der Waals surface area contributed by atoms with Crippen molar-refractivity contribution in [3.05, 3.63) is 51.2 Å². The standard InChI is InChI=1S/C14H12BrClN2O/c15-11-5-13(8-17-7-11)18-6-10-4-12(16)3-9-1-2-19-14(9)10/h3-5,7-8,18H,1-2,6H2. The zero-order chi connectivity index (χ0) is 13.2. The predicted molar refractivity (Wildman–Crippen MR) is 79.9 cm³/mol. The Labute approximate surface area is 125 Å². The Hall–Kier alpha value is -1.26. The molecule has 1 aliphatic heterocycles. The molecule has 3 nitrogen and oxygen atoms in total. The van der Waals surface area contributed by atoms with Crippen LogP contribution >= 0.6 is 27.5 Å². The highest BCUT2D eigenvalue weighted by Crippen LogP contribution is 2.33. The van der Waals surface area contributed by atoms with Gasteiger partial charge in [0.15, 0.2) is 0 Å². The van der Waals surface area contributed by atoms with E-state index >= 15 is 0 Å². The van der Waals surface area contributed by atoms with Crippen LogP contribution in [0.3, 0.4) is 0 Å². The molecule has 0 saturated heterocycles. The maximum atomic E-state index is 6.13. The van der Waals surface area contributed by atoms with Crippen LogP contribution in [0.1, 0.15) is 11.1 Å². The average Bonchev–Trinajstić information content (AvgIpc) is 2.84. The molecule has 0 aliphatic carbocycles. The lowest BCUT2D eigenvalue weighted by molar-refractivity contribution is 0.354. The van der Waals surface area contributed by atoms with Gasteiger partial charge in [0.25, 0.3) is 0 Å². The molecule has 19 heavy (non-hydrogen) atoms. The Balaban J connectivity index is 1.81. The van der Waals surface area contributed by atoms with Gasteiger partial charge in [-0.1, -0.05) is 11.6 Å². The SMILES string of the molecule is Clc1cc2c(c(CNc3cncc(Br)c3)c1)OCC2. The molecule has 0 amide bonds. The van der Waals surface area contributed by atoms with E-state index in [2.05, 4.69) is 26.2 Å². The van der Waals surface area contributed by atoms with Crippen LogP contribution in [0, 0.1) is 0 Å². The maximum absolute atomic E-state index is 6.13. The van der Waals surface area contributed by atoms with Gasteiger partial charge in [0.2, 0.25) is 0 Å². The molecule has 98 valence electrons. The second kappa shape index (κ2) is 5.39. The van der Waals surface area contributed by atoms with E-state index < -0.39 is 0 Å². The number of ether oxygens (including phenoxy) is 1. The Morgan fingerprint density at radius 3 is 3.05 bits per heavy atom. The first-order chi connectivity index (χ1) is 9.22. The van der Waals surface area contributed by atoms with Crippen molar-refractivity contribution < 1.29 is 4.74 Å². The minimum absolute atomic E-state index is 0.668. The van der Waals surface area contributed by atoms with E-state index in [-0.39, 0.29) is 0 Å². The smallest absolute Gasteiger partial charge is 0.127 e. The first-order valence-corrected chi connectivity index (χ1v) is 7.18. The molecular weight excluding hydrogens is 328 g/mol. The molecular formula is C14H12BrClN2O. The average molecular weight is 340 g/mol. The number of nitrogens with zero attached hydrogens (tertiary/aromatic N) is 1. The third-order valence-electron chi connectivity index (χ3n) is 3.01. The minimum Gasteiger partial charge on any atom is -0.493 e. The fourth-order valence-electron chi connectivity index (χ4n) is 2.18. The van der Waals surface area contributed by atoms with Crippen molar-refractivity contribution in [2.75, 3.05) is 11.9 Å². The molecule has 3 rings (SSSR count). The predicted octanol–water partition coefficient (Wildman–Crippen LogP) is 4.04. The second-order valence-electron chi connectivity index (χ2n) is 4.40. The van der Waals surface area contributed by atoms with Crippen molar-refractivity contribution in [1.29, 1.82) is 0 Å². The first kappa shape index (κ1) is 12.8. The molecule has 0 spiro atoms. The van der Waals surface area contributed by atoms with Gasteiger partial charge in [-0.25, -0.2) is 0 Å². The van der Waals surface area contributed by atoms with Gasteiger partial charge in [0.05, 0.1) is 18.5 Å². The maximum Gasteiger partial charge on any atom is 0.127 e. The molecule has 1 aliphatic rings. The summed E-state index contributed by atoms with van der Waals surface area (Å²) in [6, 6.07) is 5.91. The van der Waals surface area contributed by atoms with Crippen LogP contribution in [0.4, 0.5) is 5.69 Å². The third-order valence-corrected chi connectivity index (χ3v) is 3.67. The van der Waals surface area contributed by atoms with Gasteiger partial charge in [0.1, 0.15) is 5.75 Å². The lowest BCUT2D eigenvalue weighted by Crippen LogP contribution is -2.02. The minimum atomic E-state index is 0.668. The van der Waals surface area contributed by atoms with E-state index in [1.165, 1.54) is 5.56 Å². The summed E-state index contributed by atoms with van der Waals surface area (Å²) < 4.78 is 6.62. The van der Waals surface area contributed by atoms with E-state index in [9.17, 15) is 0 Å². The van der Waals surface area contributed by atoms with E-state index in [1.807, 2.05) is 18.2 Å². The quantitative estimate of drug-likeness (QED) is 0.916. The molecule has 0 saturated carbocycles. The van der Waals surface area contributed by atoms with Gasteiger partial charge >= 0.3 is 0 Å². The van der Waals surface area contributed by atoms with Crippen LogP contribution < -0.4 is 10.1 Å². The third kappa shape index (κ3) is 2.85. The number of nitrogens with one attached hydrogen (secondary N) is 1. The van der Waals surface area contributed by atoms with Crippen LogP contribution in [0.5, 0.6) is 5.75 Å². The van der Waals surface area contributed by atoms with Gasteiger partial charge < -0.3 is 10.1 Å². The van der Waals surface area contributed by atoms with Gasteiger partial charge in [-0.15, -0.1) is 0 Å². The highest BCUT2D eigenvalue weighted by molar-refractivity contribution is 9.10. The van der Waals surface area contributed by atoms with Crippen molar-refractivity contribution in [2.45, 2.75) is 13.0 Å². The fraction of sp³-hybridized carbons (Fsp3) is 0.214. The summed E-state index contributed by atoms with van der Waals surface area (Å²) in [6.45, 7) is 1.40. The Kier molecular flexibility index (Phi) is 3.62. The summed E-state index contributed by atoms with van der Waals surface area (Å²) in [6.07, 6.45) is 4.48. The van der Waals surface area contributed by atoms with Crippen LogP contribution in [0.15, 0.2) is 35.1 Å². The second-order valence-corrected chi connectivity index (χ2v) is 5.75. The first-order valence-electron chi connectivity index (χ1n) is 6.01. The highest BCUT2D eigenvalue weighted by atomic mass is 79.9. The van der Waals surface area contributed by atoms with Gasteiger partial charge in [-0.3, -0.25) is 4.98 Å². The van der Waals surface area contributed by atoms with Crippen LogP contribution in [0.2, 0.25) is 5.02 Å². The number of pyridine rings is 1. The van der Waals surface area contributed by atoms with E-state index in [1.54, 1.807) is 12.4 Å². The van der Waals surface area contributed by atoms with Crippen LogP contribution in [-0.4, -0.2) is 11.6 Å². The number of hydrogen-bond donors (Lipinski definition) is 1. The van der Waals surface area contributed by atoms with Crippen LogP contribution in [0.25, 0.3) is 0 Å². The van der Waals surface area contributed by atoms with Gasteiger partial charge in [0, 0.05) is 34.2 Å². The van der Waals surface area contributed by atoms with Crippen molar-refractivity contribution in [1.82, 2.24) is 4.98 Å². The van der Waals surface area contributed by atoms with Gasteiger partial charge in [-0.05, 0) is 39.7 Å². The molecule has 0 fully saturated rings. The number of halogens is 2. The topological polar surface area (TPSA) is 34.2 Å². The molecule has 1 aromatic carbocycles. The number of anilines is 1. The molecule has 0 unspecified atom stereocenters. The molecule has 0 radical (unpaired) electrons. The van der Waals surface area contributed by atoms with Crippen molar-refractivity contribution in [3.63, 3.8) is 0 Å². The molecule has 0 atom stereocenters. The molecule has 2 heterocycles. The largest absolute Gasteiger partial charge is 0.493 e. The fourth-order valence-corrected chi connectivity index (χ4v) is 2.81. The Morgan fingerprint density at radius 1 is 1.32 bits per heavy atom. The molecule has 5 heteroatoms. The van der Waals surface area contributed by atoms with Crippen molar-refractivity contribution in [2.24, 2.45) is 0 Å². The summed E-state index contributed by atoms with van der Waals surface area (Å²) in [5.74, 6) is 0.972. The van der Waals surface area contributed by atoms with Crippen molar-refractivity contribution >= 4 is 33.2 Å². The number of rotatable bonds is 3. The van der Waals surface area contributed by atoms with E-state index in [0.717, 1.165) is 39.5 Å². The summed E-state index contributed by atoms with van der Waals surface area (Å²) in [5, 5.41) is 4.09. The molecule has 2 aromatic rings. The zero-order valence-electron chi connectivity index (χ0n) is 10.1. The number of hydrogen-bond acceptors (Lipinski definition) is 3. The lowest BCUT2D eigenvalue weighted by Gasteiger charge is -2.11. The Morgan fingerprint density at radius 2 is 2.21 bits per heavy atom. The number of benzene rings is 1. The van der Waals surface area contributed by atoms with Crippen LogP contribution in [-0.2, 0) is 13.0 Å². The molecule has 1 aromatic heterocycles. The monoisotopic (exact) mass is 338 g/mol. The van der Waals surface area contributed by atoms with Gasteiger partial charge in [-0.2, -0.15) is 0 Å². The number of aromatic nitrogens is 1. The lowest BCUT2D eigenvalue weighted by atomic mass is 10.1. The highest BCUT2D eigenvalue weighted by Gasteiger charge is 2.17. The Bertz CT molecular complexity index is 618. The van der Waals surface area contributed by atoms with E-state index in [4.69, 9.17) is 16.3 Å². The zero-order valence-corrected chi connectivity index (χ0v) is 12.5. The molecule has 0 bridgehead atoms. The molecule has 1 N–H and O–H groups in total. The van der Waals surface area contributed by atoms with E-state index in [0.29, 0.717) is 6.54 Å². The van der Waals surface area contributed by atoms with Crippen molar-refractivity contribution in [3.8, 4) is 5.75 Å². The summed E-state index contributed by atoms with van der Waals surface area (Å²) >= 11 is 9.53. The number of fused-ring (bicyclic) bond motifs is 1. The normalized spacial score (nSPS) is 12.9. The summed E-state index contributed by atoms with van der Waals surface area (Å²) in [7, 11) is 0. The summed E-state index contributed by atoms with van der Waals surface area (Å²) in [5.41, 5.74) is 3.23. The summed E-state index contributed by atoms with van der Waals surface area (Å²) in [4.78, 5) is 4.12.